The lowest BCUT2D eigenvalue weighted by molar-refractivity contribution is 0.372. The molecule has 2 aliphatic carbocycles. The lowest BCUT2D eigenvalue weighted by atomic mass is 9.70. The minimum Gasteiger partial charge on any atom is -0.0696 e. The van der Waals surface area contributed by atoms with Crippen molar-refractivity contribution in [1.29, 1.82) is 0 Å². The smallest absolute Gasteiger partial charge is 0.0101 e. The predicted molar refractivity (Wildman–Crippen MR) is 186 cm³/mol. The normalized spacial score (nSPS) is 22.0. The molecule has 0 aliphatic heterocycles. The van der Waals surface area contributed by atoms with Crippen molar-refractivity contribution in [3.05, 3.63) is 129 Å². The Bertz CT molecular complexity index is 1260. The fourth-order valence-corrected chi connectivity index (χ4v) is 6.47. The number of allylic oxidation sites excluding steroid dienone is 22. The van der Waals surface area contributed by atoms with Gasteiger partial charge in [-0.3, -0.25) is 0 Å². The molecular weight excluding hydrogens is 492 g/mol. The van der Waals surface area contributed by atoms with Gasteiger partial charge < -0.3 is 0 Å². The highest BCUT2D eigenvalue weighted by Gasteiger charge is 2.29. The zero-order valence-corrected chi connectivity index (χ0v) is 28.2. The summed E-state index contributed by atoms with van der Waals surface area (Å²) in [5.41, 5.74) is 13.2. The van der Waals surface area contributed by atoms with Gasteiger partial charge in [0.15, 0.2) is 0 Å². The van der Waals surface area contributed by atoms with Crippen LogP contribution < -0.4 is 0 Å². The second kappa shape index (κ2) is 16.0. The lowest BCUT2D eigenvalue weighted by Gasteiger charge is -2.35. The Balaban J connectivity index is 1.92. The quantitative estimate of drug-likeness (QED) is 0.237. The van der Waals surface area contributed by atoms with Crippen molar-refractivity contribution in [3.8, 4) is 0 Å². The van der Waals surface area contributed by atoms with Crippen LogP contribution in [0.2, 0.25) is 0 Å². The molecule has 222 valence electrons. The van der Waals surface area contributed by atoms with Gasteiger partial charge >= 0.3 is 0 Å². The Kier molecular flexibility index (Phi) is 13.4. The van der Waals surface area contributed by atoms with Crippen molar-refractivity contribution in [1.82, 2.24) is 0 Å². The van der Waals surface area contributed by atoms with Crippen LogP contribution in [0.4, 0.5) is 0 Å². The van der Waals surface area contributed by atoms with Crippen molar-refractivity contribution in [2.24, 2.45) is 10.8 Å². The monoisotopic (exact) mass is 550 g/mol. The van der Waals surface area contributed by atoms with Gasteiger partial charge in [-0.1, -0.05) is 140 Å². The molecule has 2 rings (SSSR count). The Hall–Kier alpha value is -2.86. The number of hydrogen-bond donors (Lipinski definition) is 0. The van der Waals surface area contributed by atoms with Gasteiger partial charge in [-0.15, -0.1) is 0 Å². The second-order valence-corrected chi connectivity index (χ2v) is 13.7. The minimum atomic E-state index is 0.281. The fourth-order valence-electron chi connectivity index (χ4n) is 6.47. The standard InChI is InChI=1S/C41H58/c1-31(20-14-22-33(3)26-27-38-35(5)24-16-28-40(38,8)9)18-12-13-19-32(2)21-15-23-34(4)30-37(7)39-36(6)25-17-29-41(39,10)11/h12-15,18-23,26-27,30H,16-17,24-25,28-29H2,1-11H3/b13-12+,20-14+,21-15+,27-26+,31-18+,32-19+,33-22+,34-23+,37-30+. The van der Waals surface area contributed by atoms with Crippen molar-refractivity contribution < 1.29 is 0 Å². The molecule has 0 N–H and O–H groups in total. The summed E-state index contributed by atoms with van der Waals surface area (Å²) in [5, 5.41) is 0. The van der Waals surface area contributed by atoms with E-state index >= 15 is 0 Å². The van der Waals surface area contributed by atoms with Gasteiger partial charge in [-0.25, -0.2) is 0 Å². The van der Waals surface area contributed by atoms with Gasteiger partial charge in [0.2, 0.25) is 0 Å². The molecule has 0 amide bonds. The summed E-state index contributed by atoms with van der Waals surface area (Å²) < 4.78 is 0. The first-order chi connectivity index (χ1) is 19.2. The van der Waals surface area contributed by atoms with E-state index in [1.807, 2.05) is 0 Å². The van der Waals surface area contributed by atoms with Gasteiger partial charge in [0.25, 0.3) is 0 Å². The summed E-state index contributed by atoms with van der Waals surface area (Å²) in [6.07, 6.45) is 36.2. The first-order valence-corrected chi connectivity index (χ1v) is 15.7. The van der Waals surface area contributed by atoms with Crippen LogP contribution in [-0.2, 0) is 0 Å². The van der Waals surface area contributed by atoms with Crippen LogP contribution in [0.15, 0.2) is 129 Å². The molecule has 0 atom stereocenters. The van der Waals surface area contributed by atoms with Crippen LogP contribution in [0.5, 0.6) is 0 Å². The van der Waals surface area contributed by atoms with Crippen molar-refractivity contribution in [3.63, 3.8) is 0 Å². The van der Waals surface area contributed by atoms with Crippen molar-refractivity contribution >= 4 is 0 Å². The van der Waals surface area contributed by atoms with Gasteiger partial charge in [0.05, 0.1) is 0 Å². The molecule has 0 aromatic rings. The Labute approximate surface area is 254 Å². The molecule has 0 fully saturated rings. The Morgan fingerprint density at radius 3 is 1.56 bits per heavy atom. The SMILES string of the molecule is CC1=C(/C=C/C(C)=C/C=C/C(C)=C/C=C/C=C(C)/C=C/C=C(C)/C=C(\C)C2=C(C)CCCC2(C)C)C(C)(C)CCC1. The molecule has 0 heterocycles. The van der Waals surface area contributed by atoms with Gasteiger partial charge in [0.1, 0.15) is 0 Å². The zero-order valence-electron chi connectivity index (χ0n) is 28.2. The third kappa shape index (κ3) is 11.5. The van der Waals surface area contributed by atoms with E-state index in [0.29, 0.717) is 5.41 Å². The third-order valence-electron chi connectivity index (χ3n) is 8.62. The van der Waals surface area contributed by atoms with Crippen LogP contribution in [0, 0.1) is 10.8 Å². The van der Waals surface area contributed by atoms with E-state index < -0.39 is 0 Å². The number of rotatable bonds is 10. The second-order valence-electron chi connectivity index (χ2n) is 13.7. The first-order valence-electron chi connectivity index (χ1n) is 15.7. The summed E-state index contributed by atoms with van der Waals surface area (Å²) in [5.74, 6) is 0. The average Bonchev–Trinajstić information content (AvgIpc) is 2.85. The van der Waals surface area contributed by atoms with E-state index in [1.54, 1.807) is 16.7 Å². The Morgan fingerprint density at radius 1 is 0.561 bits per heavy atom. The van der Waals surface area contributed by atoms with Crippen LogP contribution in [0.3, 0.4) is 0 Å². The van der Waals surface area contributed by atoms with Crippen LogP contribution >= 0.6 is 0 Å². The van der Waals surface area contributed by atoms with Gasteiger partial charge in [-0.2, -0.15) is 0 Å². The van der Waals surface area contributed by atoms with E-state index in [4.69, 9.17) is 0 Å². The molecule has 0 radical (unpaired) electrons. The maximum Gasteiger partial charge on any atom is -0.0101 e. The molecule has 0 saturated heterocycles. The van der Waals surface area contributed by atoms with Crippen molar-refractivity contribution in [2.45, 2.75) is 115 Å². The zero-order chi connectivity index (χ0) is 30.6. The molecule has 41 heavy (non-hydrogen) atoms. The molecule has 0 bridgehead atoms. The van der Waals surface area contributed by atoms with E-state index in [0.717, 1.165) is 0 Å². The van der Waals surface area contributed by atoms with E-state index in [1.165, 1.54) is 72.0 Å². The summed E-state index contributed by atoms with van der Waals surface area (Å²) >= 11 is 0. The van der Waals surface area contributed by atoms with E-state index in [9.17, 15) is 0 Å². The van der Waals surface area contributed by atoms with Crippen LogP contribution in [-0.4, -0.2) is 0 Å². The molecule has 0 unspecified atom stereocenters. The Morgan fingerprint density at radius 2 is 1.02 bits per heavy atom. The molecule has 0 spiro atoms. The largest absolute Gasteiger partial charge is 0.0696 e. The highest BCUT2D eigenvalue weighted by atomic mass is 14.3. The molecule has 2 aliphatic rings. The van der Waals surface area contributed by atoms with Crippen LogP contribution in [0.25, 0.3) is 0 Å². The van der Waals surface area contributed by atoms with Crippen molar-refractivity contribution in [2.75, 3.05) is 0 Å². The summed E-state index contributed by atoms with van der Waals surface area (Å²) in [7, 11) is 0. The molecule has 0 nitrogen and oxygen atoms in total. The van der Waals surface area contributed by atoms with Crippen LogP contribution in [0.1, 0.15) is 115 Å². The average molecular weight is 551 g/mol. The highest BCUT2D eigenvalue weighted by molar-refractivity contribution is 5.43. The van der Waals surface area contributed by atoms with E-state index in [2.05, 4.69) is 155 Å². The maximum absolute atomic E-state index is 2.39. The molecule has 0 heteroatoms. The minimum absolute atomic E-state index is 0.281. The summed E-state index contributed by atoms with van der Waals surface area (Å²) in [6.45, 7) is 25.1. The lowest BCUT2D eigenvalue weighted by Crippen LogP contribution is -2.21. The van der Waals surface area contributed by atoms with E-state index in [-0.39, 0.29) is 5.41 Å². The van der Waals surface area contributed by atoms with Gasteiger partial charge in [-0.05, 0) is 115 Å². The fraction of sp³-hybridized carbons (Fsp3) is 0.463. The maximum atomic E-state index is 2.39. The topological polar surface area (TPSA) is 0 Å². The third-order valence-corrected chi connectivity index (χ3v) is 8.62. The first kappa shape index (κ1) is 34.3. The van der Waals surface area contributed by atoms with Gasteiger partial charge in [0, 0.05) is 0 Å². The summed E-state index contributed by atoms with van der Waals surface area (Å²) in [4.78, 5) is 0. The number of hydrogen-bond acceptors (Lipinski definition) is 0. The highest BCUT2D eigenvalue weighted by Crippen LogP contribution is 2.44. The molecule has 0 aromatic carbocycles. The predicted octanol–water partition coefficient (Wildman–Crippen LogP) is 13.0. The molecule has 0 saturated carbocycles. The molecular formula is C41H58. The molecule has 0 aromatic heterocycles. The summed E-state index contributed by atoms with van der Waals surface area (Å²) in [6, 6.07) is 0.